The number of aromatic nitrogens is 2. The van der Waals surface area contributed by atoms with Crippen molar-refractivity contribution in [3.05, 3.63) is 173 Å². The topological polar surface area (TPSA) is 345 Å². The summed E-state index contributed by atoms with van der Waals surface area (Å²) in [6.45, 7) is 1.96. The molecule has 25 heteroatoms. The van der Waals surface area contributed by atoms with Crippen LogP contribution in [0, 0.1) is 18.2 Å². The van der Waals surface area contributed by atoms with Gasteiger partial charge in [-0.15, -0.1) is 0 Å². The molecule has 0 aliphatic carbocycles. The minimum absolute atomic E-state index is 0. The molecule has 0 radical (unpaired) electrons. The molecule has 502 valence electrons. The summed E-state index contributed by atoms with van der Waals surface area (Å²) >= 11 is 5.90. The number of carbonyl (C=O) groups excluding carboxylic acids is 6. The number of amides is 6. The molecule has 0 bridgehead atoms. The van der Waals surface area contributed by atoms with E-state index >= 15 is 0 Å². The van der Waals surface area contributed by atoms with Gasteiger partial charge in [0, 0.05) is 103 Å². The standard InChI is InChI=1S/C30H36ClN7O4.C30H37N7O4.CH4O.4CH4.CH3.Pd/c1-38(2)28(33)20-7-9-21(10-8-20)29(40)36-25-13-12-23(42-19-27(39)34-16-6-4-3-5-15-32)17-24(25)30(41)37-26-14-11-22(31)18-35-26;1-37(2)28(32)21-10-12-22(13-11-21)29(39)35-25-15-14-23(41-20-27(38)34-18-7-4-3-6-16-31)19-24(25)30(40)36-26-9-5-8-17-33-26;1-2;;;;;;/h7-14,17-18,33H,3-6,15-16,19,32H2,1-2H3,(H,34,39)(H,36,40)(H,35,37,41);5,8-15,17,19,32H,3-4,6-7,16,18,20,31H2,1-2H3,(H,34,38)(H,35,39)(H,33,36,40);2H,1H3;4*1H4;1H3;/q;;;;;;;-1;. The van der Waals surface area contributed by atoms with Crippen molar-refractivity contribution in [2.24, 2.45) is 11.5 Å². The fourth-order valence-corrected chi connectivity index (χ4v) is 7.75. The Morgan fingerprint density at radius 3 is 1.24 bits per heavy atom. The molecule has 0 aliphatic heterocycles. The number of nitrogens with zero attached hydrogens (tertiary/aromatic N) is 4. The maximum Gasteiger partial charge on any atom is 0.259 e. The Morgan fingerprint density at radius 1 is 0.505 bits per heavy atom. The number of unbranched alkanes of at least 4 members (excludes halogenated alkanes) is 6. The average molecular weight is 1370 g/mol. The summed E-state index contributed by atoms with van der Waals surface area (Å²) in [5, 5.41) is 40.2. The van der Waals surface area contributed by atoms with E-state index in [9.17, 15) is 28.8 Å². The molecule has 0 saturated carbocycles. The average Bonchev–Trinajstić information content (AvgIpc) is 1.40. The molecule has 91 heavy (non-hydrogen) atoms. The zero-order valence-corrected chi connectivity index (χ0v) is 52.2. The molecule has 2 aromatic heterocycles. The molecular weight excluding hydrogens is 1270 g/mol. The van der Waals surface area contributed by atoms with E-state index in [1.54, 1.807) is 141 Å². The quantitative estimate of drug-likeness (QED) is 0.00715. The Bertz CT molecular complexity index is 3140. The Hall–Kier alpha value is -8.63. The Balaban J connectivity index is -0.00000156. The minimum atomic E-state index is -0.553. The van der Waals surface area contributed by atoms with Gasteiger partial charge in [0.2, 0.25) is 0 Å². The van der Waals surface area contributed by atoms with Crippen LogP contribution in [-0.2, 0) is 30.0 Å². The number of nitrogens with one attached hydrogen (secondary N) is 8. The van der Waals surface area contributed by atoms with Crippen molar-refractivity contribution in [2.75, 3.05) is 96.0 Å². The number of benzene rings is 4. The minimum Gasteiger partial charge on any atom is -0.484 e. The number of anilines is 4. The van der Waals surface area contributed by atoms with Gasteiger partial charge < -0.3 is 75.2 Å². The van der Waals surface area contributed by atoms with Gasteiger partial charge in [-0.3, -0.25) is 39.6 Å². The predicted molar refractivity (Wildman–Crippen MR) is 366 cm³/mol. The molecule has 0 atom stereocenters. The maximum atomic E-state index is 13.3. The van der Waals surface area contributed by atoms with E-state index < -0.39 is 23.6 Å². The molecule has 0 aliphatic rings. The normalized spacial score (nSPS) is 9.59. The van der Waals surface area contributed by atoms with E-state index in [1.165, 1.54) is 24.4 Å². The number of pyridine rings is 2. The molecule has 4 aromatic carbocycles. The van der Waals surface area contributed by atoms with Crippen LogP contribution in [0.3, 0.4) is 0 Å². The van der Waals surface area contributed by atoms with E-state index in [4.69, 9.17) is 48.5 Å². The number of aliphatic hydroxyl groups excluding tert-OH is 1. The van der Waals surface area contributed by atoms with Gasteiger partial charge in [0.15, 0.2) is 13.2 Å². The summed E-state index contributed by atoms with van der Waals surface area (Å²) in [7, 11) is 8.07. The van der Waals surface area contributed by atoms with Gasteiger partial charge in [-0.1, -0.05) is 97.3 Å². The summed E-state index contributed by atoms with van der Waals surface area (Å²) in [6.07, 6.45) is 10.6. The molecule has 23 nitrogen and oxygen atoms in total. The van der Waals surface area contributed by atoms with E-state index in [2.05, 4.69) is 41.9 Å². The zero-order valence-electron chi connectivity index (χ0n) is 49.9. The molecule has 0 spiro atoms. The Kier molecular flexibility index (Phi) is 45.0. The summed E-state index contributed by atoms with van der Waals surface area (Å²) < 4.78 is 11.3. The number of ether oxygens (including phenoxy) is 2. The number of rotatable bonds is 28. The molecule has 0 unspecified atom stereocenters. The predicted octanol–water partition coefficient (Wildman–Crippen LogP) is 10.2. The molecular formula is C66H96ClN14O9Pd-. The van der Waals surface area contributed by atoms with Gasteiger partial charge in [-0.2, -0.15) is 0 Å². The van der Waals surface area contributed by atoms with Crippen molar-refractivity contribution < 1.29 is 63.8 Å². The van der Waals surface area contributed by atoms with E-state index in [0.717, 1.165) is 58.5 Å². The number of hydrogen-bond donors (Lipinski definition) is 11. The molecule has 6 amide bonds. The molecule has 6 rings (SSSR count). The second kappa shape index (κ2) is 47.3. The third-order valence-electron chi connectivity index (χ3n) is 12.2. The van der Waals surface area contributed by atoms with Crippen LogP contribution in [0.1, 0.15) is 134 Å². The van der Waals surface area contributed by atoms with Crippen molar-refractivity contribution >= 4 is 81.7 Å². The number of halogens is 1. The van der Waals surface area contributed by atoms with Crippen molar-refractivity contribution in [2.45, 2.75) is 81.1 Å². The SMILES string of the molecule is C.C.C.C.CN(C)C(=N)c1ccc(C(=O)Nc2ccc(OCC(=O)NCCCCCCN)cc2C(=O)Nc2ccc(Cl)cn2)cc1.CN(C)C(=N)c1ccc(C(=O)Nc2ccc(OCC(=O)NCCCCCCN)cc2C(=O)Nc2ccccn2)cc1.CO.[CH3-].[Pd]. The number of aliphatic hydroxyl groups is 1. The Labute approximate surface area is 557 Å². The van der Waals surface area contributed by atoms with Gasteiger partial charge >= 0.3 is 0 Å². The van der Waals surface area contributed by atoms with Gasteiger partial charge in [-0.05, 0) is 124 Å². The van der Waals surface area contributed by atoms with Gasteiger partial charge in [0.25, 0.3) is 35.4 Å². The monoisotopic (exact) mass is 1370 g/mol. The molecule has 0 fully saturated rings. The van der Waals surface area contributed by atoms with Crippen LogP contribution in [0.15, 0.2) is 128 Å². The number of carbonyl (C=O) groups is 6. The second-order valence-corrected chi connectivity index (χ2v) is 19.6. The number of nitrogens with two attached hydrogens (primary N) is 2. The molecule has 13 N–H and O–H groups in total. The smallest absolute Gasteiger partial charge is 0.259 e. The molecule has 6 aromatic rings. The number of amidine groups is 2. The van der Waals surface area contributed by atoms with E-state index in [1.807, 2.05) is 0 Å². The van der Waals surface area contributed by atoms with Crippen LogP contribution in [-0.4, -0.2) is 147 Å². The third-order valence-corrected chi connectivity index (χ3v) is 12.4. The van der Waals surface area contributed by atoms with E-state index in [0.29, 0.717) is 76.7 Å². The van der Waals surface area contributed by atoms with Gasteiger partial charge in [-0.25, -0.2) is 9.97 Å². The number of hydrogen-bond acceptors (Lipinski definition) is 15. The fraction of sp³-hybridized carbons (Fsp3) is 0.348. The van der Waals surface area contributed by atoms with Crippen LogP contribution >= 0.6 is 11.6 Å². The van der Waals surface area contributed by atoms with Crippen molar-refractivity contribution in [3.8, 4) is 11.5 Å². The first-order valence-corrected chi connectivity index (χ1v) is 27.8. The Morgan fingerprint density at radius 2 is 0.890 bits per heavy atom. The van der Waals surface area contributed by atoms with Crippen molar-refractivity contribution in [1.82, 2.24) is 30.4 Å². The summed E-state index contributed by atoms with van der Waals surface area (Å²) in [5.74, 6) is -0.714. The van der Waals surface area contributed by atoms with Crippen LogP contribution in [0.25, 0.3) is 0 Å². The summed E-state index contributed by atoms with van der Waals surface area (Å²) in [5.41, 5.74) is 13.7. The van der Waals surface area contributed by atoms with Crippen molar-refractivity contribution in [1.29, 1.82) is 10.8 Å². The van der Waals surface area contributed by atoms with Crippen LogP contribution in [0.2, 0.25) is 5.02 Å². The molecule has 2 heterocycles. The first kappa shape index (κ1) is 86.6. The fourth-order valence-electron chi connectivity index (χ4n) is 7.64. The zero-order chi connectivity index (χ0) is 62.1. The third kappa shape index (κ3) is 30.6. The molecule has 0 saturated heterocycles. The summed E-state index contributed by atoms with van der Waals surface area (Å²) in [6, 6.07) is 30.6. The van der Waals surface area contributed by atoms with Crippen LogP contribution < -0.4 is 52.8 Å². The largest absolute Gasteiger partial charge is 0.484 e. The first-order chi connectivity index (χ1) is 41.0. The first-order valence-electron chi connectivity index (χ1n) is 27.4. The van der Waals surface area contributed by atoms with Gasteiger partial charge in [0.05, 0.1) is 27.5 Å². The maximum absolute atomic E-state index is 13.3. The van der Waals surface area contributed by atoms with Gasteiger partial charge in [0.1, 0.15) is 34.8 Å². The van der Waals surface area contributed by atoms with E-state index in [-0.39, 0.29) is 117 Å². The summed E-state index contributed by atoms with van der Waals surface area (Å²) in [4.78, 5) is 88.5. The van der Waals surface area contributed by atoms with Crippen LogP contribution in [0.4, 0.5) is 23.0 Å². The second-order valence-electron chi connectivity index (χ2n) is 19.1. The van der Waals surface area contributed by atoms with Crippen LogP contribution in [0.5, 0.6) is 11.5 Å². The van der Waals surface area contributed by atoms with Crippen molar-refractivity contribution in [3.63, 3.8) is 0 Å².